The Labute approximate surface area is 103 Å². The Bertz CT molecular complexity index is 298. The van der Waals surface area contributed by atoms with Gasteiger partial charge in [0.05, 0.1) is 13.1 Å². The molecule has 2 fully saturated rings. The van der Waals surface area contributed by atoms with Crippen molar-refractivity contribution in [3.8, 4) is 12.3 Å². The van der Waals surface area contributed by atoms with E-state index >= 15 is 0 Å². The second kappa shape index (κ2) is 6.04. The van der Waals surface area contributed by atoms with Gasteiger partial charge in [-0.3, -0.25) is 9.69 Å². The van der Waals surface area contributed by atoms with Gasteiger partial charge >= 0.3 is 0 Å². The Morgan fingerprint density at radius 2 is 1.94 bits per heavy atom. The molecular weight excluding hydrogens is 214 g/mol. The van der Waals surface area contributed by atoms with E-state index in [0.29, 0.717) is 18.6 Å². The van der Waals surface area contributed by atoms with Crippen LogP contribution in [0.15, 0.2) is 0 Å². The molecule has 4 nitrogen and oxygen atoms in total. The number of hydrogen-bond donors (Lipinski definition) is 2. The molecule has 1 saturated carbocycles. The topological polar surface area (TPSA) is 44.4 Å². The zero-order valence-electron chi connectivity index (χ0n) is 10.2. The van der Waals surface area contributed by atoms with Gasteiger partial charge in [-0.15, -0.1) is 6.42 Å². The van der Waals surface area contributed by atoms with Crippen molar-refractivity contribution in [2.24, 2.45) is 0 Å². The van der Waals surface area contributed by atoms with Gasteiger partial charge in [-0.25, -0.2) is 0 Å². The van der Waals surface area contributed by atoms with Crippen LogP contribution in [0.4, 0.5) is 0 Å². The third kappa shape index (κ3) is 4.37. The van der Waals surface area contributed by atoms with Crippen LogP contribution in [0.25, 0.3) is 0 Å². The van der Waals surface area contributed by atoms with Gasteiger partial charge < -0.3 is 10.6 Å². The summed E-state index contributed by atoms with van der Waals surface area (Å²) in [5.74, 6) is 2.81. The molecule has 0 spiro atoms. The van der Waals surface area contributed by atoms with Crippen LogP contribution in [0.3, 0.4) is 0 Å². The number of carbonyl (C=O) groups excluding carboxylic acids is 1. The van der Waals surface area contributed by atoms with Crippen LogP contribution in [0.5, 0.6) is 0 Å². The lowest BCUT2D eigenvalue weighted by molar-refractivity contribution is -0.120. The Balaban J connectivity index is 1.57. The van der Waals surface area contributed by atoms with E-state index in [4.69, 9.17) is 6.42 Å². The Kier molecular flexibility index (Phi) is 4.41. The van der Waals surface area contributed by atoms with E-state index in [9.17, 15) is 4.79 Å². The molecule has 0 radical (unpaired) electrons. The number of nitrogens with zero attached hydrogens (tertiary/aromatic N) is 1. The molecule has 2 rings (SSSR count). The smallest absolute Gasteiger partial charge is 0.234 e. The van der Waals surface area contributed by atoms with Gasteiger partial charge in [-0.1, -0.05) is 5.92 Å². The Morgan fingerprint density at radius 1 is 1.24 bits per heavy atom. The minimum atomic E-state index is 0.138. The highest BCUT2D eigenvalue weighted by atomic mass is 16.2. The molecule has 1 heterocycles. The van der Waals surface area contributed by atoms with Crippen molar-refractivity contribution in [3.63, 3.8) is 0 Å². The van der Waals surface area contributed by atoms with Crippen molar-refractivity contribution in [1.29, 1.82) is 0 Å². The summed E-state index contributed by atoms with van der Waals surface area (Å²) in [6, 6.07) is 0.927. The fourth-order valence-electron chi connectivity index (χ4n) is 2.17. The van der Waals surface area contributed by atoms with Gasteiger partial charge in [-0.05, 0) is 25.7 Å². The summed E-state index contributed by atoms with van der Waals surface area (Å²) in [6.07, 6.45) is 9.75. The molecule has 0 aromatic heterocycles. The first-order chi connectivity index (χ1) is 8.28. The molecule has 1 saturated heterocycles. The summed E-state index contributed by atoms with van der Waals surface area (Å²) in [5.41, 5.74) is 0. The zero-order valence-corrected chi connectivity index (χ0v) is 10.2. The standard InChI is InChI=1S/C13H21N3O/c1-2-7-16-8-5-11(6-9-16)14-10-13(17)15-12-3-4-12/h1,11-12,14H,3-10H2,(H,15,17). The molecule has 1 aliphatic heterocycles. The maximum Gasteiger partial charge on any atom is 0.234 e. The van der Waals surface area contributed by atoms with Gasteiger partial charge in [0.1, 0.15) is 0 Å². The van der Waals surface area contributed by atoms with E-state index in [2.05, 4.69) is 21.5 Å². The molecule has 1 aliphatic carbocycles. The zero-order chi connectivity index (χ0) is 12.1. The Morgan fingerprint density at radius 3 is 2.53 bits per heavy atom. The number of terminal acetylenes is 1. The van der Waals surface area contributed by atoms with Crippen molar-refractivity contribution in [2.75, 3.05) is 26.2 Å². The lowest BCUT2D eigenvalue weighted by Crippen LogP contribution is -2.46. The largest absolute Gasteiger partial charge is 0.352 e. The van der Waals surface area contributed by atoms with Crippen molar-refractivity contribution < 1.29 is 4.79 Å². The number of carbonyl (C=O) groups is 1. The van der Waals surface area contributed by atoms with Crippen LogP contribution in [-0.2, 0) is 4.79 Å². The summed E-state index contributed by atoms with van der Waals surface area (Å²) in [6.45, 7) is 3.27. The highest BCUT2D eigenvalue weighted by Gasteiger charge is 2.24. The summed E-state index contributed by atoms with van der Waals surface area (Å²) < 4.78 is 0. The van der Waals surface area contributed by atoms with E-state index in [0.717, 1.165) is 45.3 Å². The van der Waals surface area contributed by atoms with E-state index in [-0.39, 0.29) is 5.91 Å². The van der Waals surface area contributed by atoms with Crippen molar-refractivity contribution in [1.82, 2.24) is 15.5 Å². The fraction of sp³-hybridized carbons (Fsp3) is 0.769. The van der Waals surface area contributed by atoms with Crippen LogP contribution in [-0.4, -0.2) is 49.1 Å². The van der Waals surface area contributed by atoms with E-state index in [1.165, 1.54) is 0 Å². The quantitative estimate of drug-likeness (QED) is 0.657. The maximum atomic E-state index is 11.5. The summed E-state index contributed by atoms with van der Waals surface area (Å²) in [7, 11) is 0. The first-order valence-corrected chi connectivity index (χ1v) is 6.46. The molecule has 2 aliphatic rings. The van der Waals surface area contributed by atoms with Gasteiger partial charge in [0.15, 0.2) is 0 Å². The monoisotopic (exact) mass is 235 g/mol. The highest BCUT2D eigenvalue weighted by molar-refractivity contribution is 5.78. The number of rotatable bonds is 5. The molecular formula is C13H21N3O. The summed E-state index contributed by atoms with van der Waals surface area (Å²) in [5, 5.41) is 6.31. The van der Waals surface area contributed by atoms with Crippen molar-refractivity contribution in [3.05, 3.63) is 0 Å². The molecule has 0 aromatic rings. The molecule has 0 unspecified atom stereocenters. The lowest BCUT2D eigenvalue weighted by atomic mass is 10.1. The van der Waals surface area contributed by atoms with E-state index in [1.807, 2.05) is 0 Å². The molecule has 0 bridgehead atoms. The van der Waals surface area contributed by atoms with Gasteiger partial charge in [0.2, 0.25) is 5.91 Å². The fourth-order valence-corrected chi connectivity index (χ4v) is 2.17. The number of likely N-dealkylation sites (tertiary alicyclic amines) is 1. The second-order valence-electron chi connectivity index (χ2n) is 4.98. The van der Waals surface area contributed by atoms with Crippen LogP contribution in [0.2, 0.25) is 0 Å². The van der Waals surface area contributed by atoms with Crippen molar-refractivity contribution in [2.45, 2.75) is 37.8 Å². The van der Waals surface area contributed by atoms with Gasteiger partial charge in [0.25, 0.3) is 0 Å². The predicted molar refractivity (Wildman–Crippen MR) is 67.5 cm³/mol. The molecule has 17 heavy (non-hydrogen) atoms. The lowest BCUT2D eigenvalue weighted by Gasteiger charge is -2.31. The molecule has 0 atom stereocenters. The number of nitrogens with one attached hydrogen (secondary N) is 2. The number of hydrogen-bond acceptors (Lipinski definition) is 3. The molecule has 2 N–H and O–H groups in total. The summed E-state index contributed by atoms with van der Waals surface area (Å²) in [4.78, 5) is 13.8. The third-order valence-electron chi connectivity index (χ3n) is 3.40. The number of amides is 1. The first kappa shape index (κ1) is 12.4. The minimum Gasteiger partial charge on any atom is -0.352 e. The van der Waals surface area contributed by atoms with Crippen LogP contribution >= 0.6 is 0 Å². The van der Waals surface area contributed by atoms with Gasteiger partial charge in [0, 0.05) is 25.2 Å². The molecule has 1 amide bonds. The van der Waals surface area contributed by atoms with Crippen LogP contribution in [0.1, 0.15) is 25.7 Å². The predicted octanol–water partition coefficient (Wildman–Crippen LogP) is -0.0478. The highest BCUT2D eigenvalue weighted by Crippen LogP contribution is 2.18. The van der Waals surface area contributed by atoms with Gasteiger partial charge in [-0.2, -0.15) is 0 Å². The molecule has 0 aromatic carbocycles. The average molecular weight is 235 g/mol. The number of piperidine rings is 1. The Hall–Kier alpha value is -1.05. The maximum absolute atomic E-state index is 11.5. The second-order valence-corrected chi connectivity index (χ2v) is 4.98. The first-order valence-electron chi connectivity index (χ1n) is 6.46. The van der Waals surface area contributed by atoms with Crippen molar-refractivity contribution >= 4 is 5.91 Å². The van der Waals surface area contributed by atoms with E-state index in [1.54, 1.807) is 0 Å². The third-order valence-corrected chi connectivity index (χ3v) is 3.40. The molecule has 4 heteroatoms. The SMILES string of the molecule is C#CCN1CCC(NCC(=O)NC2CC2)CC1. The summed E-state index contributed by atoms with van der Waals surface area (Å²) >= 11 is 0. The van der Waals surface area contributed by atoms with Crippen LogP contribution in [0, 0.1) is 12.3 Å². The molecule has 94 valence electrons. The minimum absolute atomic E-state index is 0.138. The van der Waals surface area contributed by atoms with E-state index < -0.39 is 0 Å². The van der Waals surface area contributed by atoms with Crippen LogP contribution < -0.4 is 10.6 Å². The average Bonchev–Trinajstić information content (AvgIpc) is 3.12. The normalized spacial score (nSPS) is 22.1.